The number of hydrogen-bond acceptors (Lipinski definition) is 6. The van der Waals surface area contributed by atoms with E-state index in [0.717, 1.165) is 25.7 Å². The summed E-state index contributed by atoms with van der Waals surface area (Å²) in [5.41, 5.74) is -0.747. The van der Waals surface area contributed by atoms with E-state index in [1.807, 2.05) is 6.92 Å². The van der Waals surface area contributed by atoms with Crippen LogP contribution in [0.3, 0.4) is 0 Å². The first kappa shape index (κ1) is 27.3. The van der Waals surface area contributed by atoms with Gasteiger partial charge in [-0.2, -0.15) is 0 Å². The van der Waals surface area contributed by atoms with Crippen molar-refractivity contribution in [3.63, 3.8) is 0 Å². The van der Waals surface area contributed by atoms with E-state index in [2.05, 4.69) is 32.7 Å². The fourth-order valence-corrected chi connectivity index (χ4v) is 8.40. The van der Waals surface area contributed by atoms with E-state index in [4.69, 9.17) is 14.1 Å². The first-order chi connectivity index (χ1) is 17.9. The maximum absolute atomic E-state index is 14.8. The van der Waals surface area contributed by atoms with Crippen LogP contribution in [-0.2, 0) is 25.5 Å². The summed E-state index contributed by atoms with van der Waals surface area (Å²) in [6.07, 6.45) is 4.10. The monoisotopic (exact) mass is 527 g/mol. The number of anilines is 1. The van der Waals surface area contributed by atoms with Gasteiger partial charge in [0, 0.05) is 36.2 Å². The molecule has 8 atom stereocenters. The standard InChI is InChI=1S/C29H39BFNO6/c1-7-27(4)14-23(38-26(34)32-21-13-19-18(12-20(21)31)15-37-30(19)35)28(5)16(2)8-10-29(17(3)25(27)33)11-9-22(36-6)24(28)29/h7,12-13,16-17,22-24,35H,1,8-11,14-15H2,2-6H3,(H,32,34)/t16-,17-,22+,23+,24+,27+,28-,29-/m0/s1. The average Bonchev–Trinajstić information content (AvgIpc) is 3.46. The highest BCUT2D eigenvalue weighted by molar-refractivity contribution is 6.61. The highest BCUT2D eigenvalue weighted by Gasteiger charge is 2.68. The summed E-state index contributed by atoms with van der Waals surface area (Å²) < 4.78 is 32.2. The highest BCUT2D eigenvalue weighted by atomic mass is 19.1. The molecule has 3 saturated carbocycles. The van der Waals surface area contributed by atoms with Crippen LogP contribution in [0, 0.1) is 39.8 Å². The second-order valence-corrected chi connectivity index (χ2v) is 12.5. The number of nitrogens with one attached hydrogen (secondary N) is 1. The third-order valence-electron chi connectivity index (χ3n) is 10.9. The van der Waals surface area contributed by atoms with Crippen LogP contribution in [0.2, 0.25) is 0 Å². The Morgan fingerprint density at radius 1 is 1.29 bits per heavy atom. The van der Waals surface area contributed by atoms with Crippen molar-refractivity contribution in [2.75, 3.05) is 12.4 Å². The molecule has 206 valence electrons. The zero-order valence-electron chi connectivity index (χ0n) is 23.0. The number of methoxy groups -OCH3 is 1. The summed E-state index contributed by atoms with van der Waals surface area (Å²) in [6.45, 7) is 12.4. The van der Waals surface area contributed by atoms with Gasteiger partial charge in [0.05, 0.1) is 18.4 Å². The number of carbonyl (C=O) groups excluding carboxylic acids is 2. The van der Waals surface area contributed by atoms with Gasteiger partial charge in [0.1, 0.15) is 17.7 Å². The van der Waals surface area contributed by atoms with E-state index < -0.39 is 36.0 Å². The van der Waals surface area contributed by atoms with Crippen molar-refractivity contribution in [2.24, 2.45) is 34.0 Å². The molecule has 2 N–H and O–H groups in total. The number of benzene rings is 1. The topological polar surface area (TPSA) is 94.1 Å². The molecule has 4 aliphatic rings. The molecule has 2 bridgehead atoms. The number of ether oxygens (including phenoxy) is 2. The van der Waals surface area contributed by atoms with Crippen LogP contribution in [0.15, 0.2) is 24.8 Å². The Labute approximate surface area is 224 Å². The minimum absolute atomic E-state index is 0.0268. The Morgan fingerprint density at radius 3 is 2.68 bits per heavy atom. The van der Waals surface area contributed by atoms with Crippen LogP contribution in [0.25, 0.3) is 0 Å². The number of carbonyl (C=O) groups is 2. The second-order valence-electron chi connectivity index (χ2n) is 12.5. The molecule has 9 heteroatoms. The van der Waals surface area contributed by atoms with Gasteiger partial charge < -0.3 is 19.2 Å². The molecule has 5 rings (SSSR count). The fourth-order valence-electron chi connectivity index (χ4n) is 8.40. The lowest BCUT2D eigenvalue weighted by Gasteiger charge is -2.61. The van der Waals surface area contributed by atoms with Gasteiger partial charge in [-0.3, -0.25) is 10.1 Å². The first-order valence-electron chi connectivity index (χ1n) is 13.7. The van der Waals surface area contributed by atoms with Gasteiger partial charge in [0.15, 0.2) is 0 Å². The number of amides is 1. The van der Waals surface area contributed by atoms with Gasteiger partial charge in [-0.1, -0.05) is 26.8 Å². The van der Waals surface area contributed by atoms with E-state index in [0.29, 0.717) is 11.0 Å². The molecule has 38 heavy (non-hydrogen) atoms. The minimum Gasteiger partial charge on any atom is -0.445 e. The lowest BCUT2D eigenvalue weighted by atomic mass is 9.44. The molecule has 3 aliphatic carbocycles. The molecular formula is C29H39BFNO6. The van der Waals surface area contributed by atoms with Crippen LogP contribution in [0.5, 0.6) is 0 Å². The van der Waals surface area contributed by atoms with Crippen molar-refractivity contribution < 1.29 is 33.1 Å². The van der Waals surface area contributed by atoms with Gasteiger partial charge in [-0.15, -0.1) is 6.58 Å². The molecule has 1 amide bonds. The molecule has 0 radical (unpaired) electrons. The summed E-state index contributed by atoms with van der Waals surface area (Å²) >= 11 is 0. The van der Waals surface area contributed by atoms with Crippen LogP contribution in [0.4, 0.5) is 14.9 Å². The Kier molecular flexibility index (Phi) is 6.80. The van der Waals surface area contributed by atoms with Crippen LogP contribution < -0.4 is 10.8 Å². The fraction of sp³-hybridized carbons (Fsp3) is 0.655. The maximum Gasteiger partial charge on any atom is 0.491 e. The van der Waals surface area contributed by atoms with Crippen molar-refractivity contribution in [1.82, 2.24) is 0 Å². The summed E-state index contributed by atoms with van der Waals surface area (Å²) in [5.74, 6) is -0.459. The summed E-state index contributed by atoms with van der Waals surface area (Å²) in [4.78, 5) is 27.4. The number of fused-ring (bicyclic) bond motifs is 1. The van der Waals surface area contributed by atoms with E-state index in [1.54, 1.807) is 13.2 Å². The van der Waals surface area contributed by atoms with E-state index in [-0.39, 0.29) is 53.8 Å². The van der Waals surface area contributed by atoms with Gasteiger partial charge in [-0.05, 0) is 67.1 Å². The molecule has 1 aromatic rings. The van der Waals surface area contributed by atoms with Crippen molar-refractivity contribution in [1.29, 1.82) is 0 Å². The molecule has 3 fully saturated rings. The van der Waals surface area contributed by atoms with Crippen LogP contribution >= 0.6 is 0 Å². The number of rotatable bonds is 4. The Balaban J connectivity index is 1.53. The first-order valence-corrected chi connectivity index (χ1v) is 13.7. The highest BCUT2D eigenvalue weighted by Crippen LogP contribution is 2.68. The summed E-state index contributed by atoms with van der Waals surface area (Å²) in [6, 6.07) is 2.64. The molecule has 0 unspecified atom stereocenters. The van der Waals surface area contributed by atoms with Gasteiger partial charge in [0.2, 0.25) is 0 Å². The smallest absolute Gasteiger partial charge is 0.445 e. The number of halogens is 1. The average molecular weight is 527 g/mol. The SMILES string of the molecule is C=C[C@]1(C)C[C@@H](OC(=O)Nc2cc3c(cc2F)COB3O)[C@]2(C)[C@@H](C)CC[C@]3(CC[C@@H](OC)[C@@H]32)[C@@H](C)C1=O. The number of ketones is 1. The largest absolute Gasteiger partial charge is 0.491 e. The molecule has 0 spiro atoms. The van der Waals surface area contributed by atoms with E-state index in [1.165, 1.54) is 12.1 Å². The third kappa shape index (κ3) is 3.87. The number of Topliss-reactive ketones (excluding diaryl/α,β-unsaturated/α-hetero) is 1. The molecule has 1 heterocycles. The van der Waals surface area contributed by atoms with Crippen molar-refractivity contribution in [3.8, 4) is 0 Å². The predicted octanol–water partition coefficient (Wildman–Crippen LogP) is 4.61. The van der Waals surface area contributed by atoms with E-state index in [9.17, 15) is 19.0 Å². The summed E-state index contributed by atoms with van der Waals surface area (Å²) in [7, 11) is 0.557. The van der Waals surface area contributed by atoms with Gasteiger partial charge in [0.25, 0.3) is 0 Å². The lowest BCUT2D eigenvalue weighted by molar-refractivity contribution is -0.188. The van der Waals surface area contributed by atoms with Crippen LogP contribution in [-0.4, -0.2) is 43.3 Å². The molecule has 1 aromatic carbocycles. The minimum atomic E-state index is -1.17. The predicted molar refractivity (Wildman–Crippen MR) is 142 cm³/mol. The Bertz CT molecular complexity index is 1160. The summed E-state index contributed by atoms with van der Waals surface area (Å²) in [5, 5.41) is 12.6. The third-order valence-corrected chi connectivity index (χ3v) is 10.9. The van der Waals surface area contributed by atoms with E-state index >= 15 is 0 Å². The zero-order chi connectivity index (χ0) is 27.6. The molecule has 0 aromatic heterocycles. The lowest BCUT2D eigenvalue weighted by Crippen LogP contribution is -2.63. The van der Waals surface area contributed by atoms with Crippen LogP contribution in [0.1, 0.15) is 65.4 Å². The molecular weight excluding hydrogens is 488 g/mol. The number of allylic oxidation sites excluding steroid dienone is 1. The zero-order valence-corrected chi connectivity index (χ0v) is 23.0. The Hall–Kier alpha value is -2.23. The van der Waals surface area contributed by atoms with Crippen molar-refractivity contribution in [2.45, 2.75) is 78.6 Å². The van der Waals surface area contributed by atoms with Gasteiger partial charge >= 0.3 is 13.2 Å². The molecule has 7 nitrogen and oxygen atoms in total. The second kappa shape index (κ2) is 9.45. The van der Waals surface area contributed by atoms with Gasteiger partial charge in [-0.25, -0.2) is 9.18 Å². The molecule has 0 saturated heterocycles. The van der Waals surface area contributed by atoms with Crippen molar-refractivity contribution >= 4 is 30.1 Å². The Morgan fingerprint density at radius 2 is 2.00 bits per heavy atom. The molecule has 1 aliphatic heterocycles. The number of hydrogen-bond donors (Lipinski definition) is 2. The maximum atomic E-state index is 14.8. The normalized spacial score (nSPS) is 40.1. The quantitative estimate of drug-likeness (QED) is 0.439. The van der Waals surface area contributed by atoms with Crippen molar-refractivity contribution in [3.05, 3.63) is 36.2 Å².